The zero-order valence-corrected chi connectivity index (χ0v) is 35.4. The van der Waals surface area contributed by atoms with E-state index in [0.717, 1.165) is 44.9 Å². The summed E-state index contributed by atoms with van der Waals surface area (Å²) in [5.74, 6) is -0.667. The molecule has 0 aromatic heterocycles. The number of unbranched alkanes of at least 4 members (excludes halogenated alkanes) is 7. The van der Waals surface area contributed by atoms with Crippen LogP contribution in [0.25, 0.3) is 0 Å². The summed E-state index contributed by atoms with van der Waals surface area (Å²) in [7, 11) is 1.61. The highest BCUT2D eigenvalue weighted by molar-refractivity contribution is 5.78. The summed E-state index contributed by atoms with van der Waals surface area (Å²) in [5, 5.41) is 21.4. The Kier molecular flexibility index (Phi) is 31.9. The van der Waals surface area contributed by atoms with Crippen LogP contribution in [0.1, 0.15) is 109 Å². The predicted molar refractivity (Wildman–Crippen MR) is 221 cm³/mol. The van der Waals surface area contributed by atoms with Crippen LogP contribution >= 0.6 is 0 Å². The minimum absolute atomic E-state index is 0.0282. The van der Waals surface area contributed by atoms with Crippen molar-refractivity contribution in [1.82, 2.24) is 26.2 Å². The highest BCUT2D eigenvalue weighted by atomic mass is 16.5. The first kappa shape index (κ1) is 53.0. The van der Waals surface area contributed by atoms with Gasteiger partial charge in [0.05, 0.1) is 58.4 Å². The average Bonchev–Trinajstić information content (AvgIpc) is 3.57. The van der Waals surface area contributed by atoms with Crippen molar-refractivity contribution in [1.29, 1.82) is 0 Å². The Morgan fingerprint density at radius 1 is 0.603 bits per heavy atom. The molecule has 0 aliphatic carbocycles. The van der Waals surface area contributed by atoms with Crippen molar-refractivity contribution in [3.8, 4) is 0 Å². The zero-order valence-electron chi connectivity index (χ0n) is 35.4. The minimum Gasteiger partial charge on any atom is -0.391 e. The topological polar surface area (TPSA) is 272 Å². The second kappa shape index (κ2) is 34.8. The van der Waals surface area contributed by atoms with E-state index in [-0.39, 0.29) is 101 Å². The average molecular weight is 831 g/mol. The van der Waals surface area contributed by atoms with Crippen LogP contribution in [0.2, 0.25) is 0 Å². The lowest BCUT2D eigenvalue weighted by atomic mass is 10.0. The summed E-state index contributed by atoms with van der Waals surface area (Å²) in [5.41, 5.74) is 15.4. The Morgan fingerprint density at radius 3 is 1.43 bits per heavy atom. The van der Waals surface area contributed by atoms with E-state index in [1.807, 2.05) is 0 Å². The number of nitrogens with two attached hydrogens (primary N) is 3. The molecule has 2 unspecified atom stereocenters. The molecular formula is C40H78N8O10. The van der Waals surface area contributed by atoms with E-state index >= 15 is 0 Å². The fourth-order valence-corrected chi connectivity index (χ4v) is 6.46. The summed E-state index contributed by atoms with van der Waals surface area (Å²) in [6.45, 7) is 3.84. The lowest BCUT2D eigenvalue weighted by Gasteiger charge is -2.34. The molecule has 1 aliphatic heterocycles. The number of nitrogens with one attached hydrogen (secondary N) is 4. The summed E-state index contributed by atoms with van der Waals surface area (Å²) in [6, 6.07) is -0.0507. The maximum absolute atomic E-state index is 13.4. The molecule has 0 saturated carbocycles. The maximum Gasteiger partial charge on any atom is 0.222 e. The third kappa shape index (κ3) is 26.9. The summed E-state index contributed by atoms with van der Waals surface area (Å²) in [6.07, 6.45) is 10.6. The molecule has 338 valence electrons. The summed E-state index contributed by atoms with van der Waals surface area (Å²) < 4.78 is 23.0. The number of ether oxygens (including phenoxy) is 4. The predicted octanol–water partition coefficient (Wildman–Crippen LogP) is -0.0343. The Bertz CT molecular complexity index is 1050. The van der Waals surface area contributed by atoms with Gasteiger partial charge in [-0.25, -0.2) is 0 Å². The number of aliphatic hydroxyl groups excluding tert-OH is 1. The van der Waals surface area contributed by atoms with Gasteiger partial charge in [0.15, 0.2) is 0 Å². The van der Waals surface area contributed by atoms with Crippen LogP contribution in [0.5, 0.6) is 0 Å². The van der Waals surface area contributed by atoms with E-state index in [4.69, 9.17) is 36.1 Å². The van der Waals surface area contributed by atoms with Crippen molar-refractivity contribution >= 4 is 29.5 Å². The quantitative estimate of drug-likeness (QED) is 0.0380. The Morgan fingerprint density at radius 2 is 1.02 bits per heavy atom. The maximum atomic E-state index is 13.4. The first-order valence-electron chi connectivity index (χ1n) is 21.5. The highest BCUT2D eigenvalue weighted by Crippen LogP contribution is 2.20. The van der Waals surface area contributed by atoms with E-state index in [1.165, 1.54) is 0 Å². The molecule has 18 nitrogen and oxygen atoms in total. The molecule has 0 bridgehead atoms. The first-order chi connectivity index (χ1) is 28.1. The molecule has 0 radical (unpaired) electrons. The van der Waals surface area contributed by atoms with Crippen molar-refractivity contribution in [2.75, 3.05) is 99.2 Å². The van der Waals surface area contributed by atoms with Gasteiger partial charge in [0, 0.05) is 65.4 Å². The molecular weight excluding hydrogens is 752 g/mol. The van der Waals surface area contributed by atoms with Crippen LogP contribution in [0, 0.1) is 0 Å². The molecule has 11 N–H and O–H groups in total. The van der Waals surface area contributed by atoms with Gasteiger partial charge in [-0.1, -0.05) is 38.5 Å². The molecule has 1 fully saturated rings. The third-order valence-electron chi connectivity index (χ3n) is 9.69. The lowest BCUT2D eigenvalue weighted by Crippen LogP contribution is -2.58. The van der Waals surface area contributed by atoms with Gasteiger partial charge in [0.2, 0.25) is 29.5 Å². The molecule has 0 spiro atoms. The molecule has 0 aromatic carbocycles. The van der Waals surface area contributed by atoms with Crippen LogP contribution in [0.15, 0.2) is 0 Å². The van der Waals surface area contributed by atoms with Gasteiger partial charge >= 0.3 is 0 Å². The molecule has 2 atom stereocenters. The molecule has 58 heavy (non-hydrogen) atoms. The SMILES string of the molecule is COCC1CC(O)CN1C(=O)CCCCCCCCCCC(=O)NC(COCCC(=O)NCCCN)(COCCC(=O)NCCCN)COCCC(=O)NCCCN. The minimum atomic E-state index is -1.15. The summed E-state index contributed by atoms with van der Waals surface area (Å²) >= 11 is 0. The van der Waals surface area contributed by atoms with Gasteiger partial charge in [-0.05, 0) is 58.2 Å². The molecule has 18 heteroatoms. The van der Waals surface area contributed by atoms with Gasteiger partial charge in [-0.15, -0.1) is 0 Å². The molecule has 1 heterocycles. The van der Waals surface area contributed by atoms with Crippen LogP contribution in [-0.2, 0) is 42.9 Å². The molecule has 1 rings (SSSR count). The number of aliphatic hydroxyl groups is 1. The number of carbonyl (C=O) groups is 5. The van der Waals surface area contributed by atoms with Crippen LogP contribution in [0.4, 0.5) is 0 Å². The Labute approximate surface area is 346 Å². The number of likely N-dealkylation sites (tertiary alicyclic amines) is 1. The van der Waals surface area contributed by atoms with Crippen molar-refractivity contribution in [3.05, 3.63) is 0 Å². The number of hydrogen-bond donors (Lipinski definition) is 8. The highest BCUT2D eigenvalue weighted by Gasteiger charge is 2.35. The second-order valence-corrected chi connectivity index (χ2v) is 15.1. The van der Waals surface area contributed by atoms with E-state index < -0.39 is 11.6 Å². The summed E-state index contributed by atoms with van der Waals surface area (Å²) in [4.78, 5) is 64.6. The van der Waals surface area contributed by atoms with Crippen molar-refractivity contribution in [2.24, 2.45) is 17.2 Å². The standard InChI is InChI=1S/C40H78N8O10/c1-55-29-33-27-34(49)28-48(33)39(54)14-9-7-5-3-2-4-6-8-13-38(53)47-40(30-56-24-15-35(50)44-21-10-18-41,31-57-25-16-36(51)45-22-11-19-42)32-58-26-17-37(52)46-23-12-20-43/h33-34,49H,2-32,41-43H2,1H3,(H,44,50)(H,45,51)(H,46,52)(H,47,53). The van der Waals surface area contributed by atoms with Crippen LogP contribution < -0.4 is 38.5 Å². The van der Waals surface area contributed by atoms with E-state index in [1.54, 1.807) is 12.0 Å². The number of rotatable bonds is 38. The van der Waals surface area contributed by atoms with E-state index in [0.29, 0.717) is 90.9 Å². The molecule has 1 aliphatic rings. The number of nitrogens with zero attached hydrogens (tertiary/aromatic N) is 1. The molecule has 0 aromatic rings. The molecule has 1 saturated heterocycles. The van der Waals surface area contributed by atoms with Crippen LogP contribution in [-0.4, -0.2) is 156 Å². The Hall–Kier alpha value is -2.97. The number of β-amino-alcohol motifs (C(OH)–C–C–N with tert-alkyl or cyclic N) is 1. The Balaban J connectivity index is 2.68. The number of methoxy groups -OCH3 is 1. The number of hydrogen-bond acceptors (Lipinski definition) is 13. The van der Waals surface area contributed by atoms with Crippen molar-refractivity contribution in [3.63, 3.8) is 0 Å². The van der Waals surface area contributed by atoms with Crippen molar-refractivity contribution < 1.29 is 48.0 Å². The van der Waals surface area contributed by atoms with Gasteiger partial charge in [-0.2, -0.15) is 0 Å². The first-order valence-corrected chi connectivity index (χ1v) is 21.5. The largest absolute Gasteiger partial charge is 0.391 e. The normalized spacial score (nSPS) is 15.4. The van der Waals surface area contributed by atoms with Crippen LogP contribution in [0.3, 0.4) is 0 Å². The third-order valence-corrected chi connectivity index (χ3v) is 9.69. The zero-order chi connectivity index (χ0) is 42.7. The smallest absolute Gasteiger partial charge is 0.222 e. The molecule has 5 amide bonds. The van der Waals surface area contributed by atoms with Gasteiger partial charge in [0.25, 0.3) is 0 Å². The lowest BCUT2D eigenvalue weighted by molar-refractivity contribution is -0.133. The number of carbonyl (C=O) groups excluding carboxylic acids is 5. The van der Waals surface area contributed by atoms with Gasteiger partial charge < -0.3 is 67.4 Å². The fourth-order valence-electron chi connectivity index (χ4n) is 6.46. The van der Waals surface area contributed by atoms with E-state index in [2.05, 4.69) is 21.3 Å². The van der Waals surface area contributed by atoms with Gasteiger partial charge in [0.1, 0.15) is 5.54 Å². The van der Waals surface area contributed by atoms with Gasteiger partial charge in [-0.3, -0.25) is 24.0 Å². The van der Waals surface area contributed by atoms with Crippen molar-refractivity contribution in [2.45, 2.75) is 127 Å². The second-order valence-electron chi connectivity index (χ2n) is 15.1. The fraction of sp³-hybridized carbons (Fsp3) is 0.875. The number of amides is 5. The van der Waals surface area contributed by atoms with E-state index in [9.17, 15) is 29.1 Å². The monoisotopic (exact) mass is 831 g/mol.